The van der Waals surface area contributed by atoms with Gasteiger partial charge in [-0.25, -0.2) is 9.78 Å². The molecule has 2 aromatic carbocycles. The molecule has 2 heterocycles. The monoisotopic (exact) mass is 1060 g/mol. The number of nitrogens with zero attached hydrogens (tertiary/aromatic N) is 3. The number of amides is 7. The molecule has 0 spiro atoms. The van der Waals surface area contributed by atoms with Crippen LogP contribution in [0.25, 0.3) is 0 Å². The molecule has 7 amide bonds. The van der Waals surface area contributed by atoms with E-state index in [9.17, 15) is 48.6 Å². The van der Waals surface area contributed by atoms with E-state index in [1.54, 1.807) is 70.2 Å². The first-order chi connectivity index (χ1) is 35.9. The van der Waals surface area contributed by atoms with Crippen molar-refractivity contribution in [3.05, 3.63) is 83.9 Å². The average Bonchev–Trinajstić information content (AvgIpc) is 4.08. The fourth-order valence-corrected chi connectivity index (χ4v) is 8.06. The fourth-order valence-electron chi connectivity index (χ4n) is 8.06. The predicted molar refractivity (Wildman–Crippen MR) is 279 cm³/mol. The summed E-state index contributed by atoms with van der Waals surface area (Å²) >= 11 is 0. The van der Waals surface area contributed by atoms with Gasteiger partial charge in [-0.05, 0) is 67.7 Å². The molecule has 0 aliphatic carbocycles. The number of H-pyrrole nitrogens is 1. The number of carboxylic acids is 2. The molecule has 0 bridgehead atoms. The van der Waals surface area contributed by atoms with Crippen molar-refractivity contribution in [1.29, 1.82) is 0 Å². The molecular weight excluding hydrogens is 987 g/mol. The van der Waals surface area contributed by atoms with Crippen molar-refractivity contribution in [2.24, 2.45) is 34.0 Å². The lowest BCUT2D eigenvalue weighted by atomic mass is 9.96. The number of carbonyl (C=O) groups is 9. The second kappa shape index (κ2) is 30.9. The van der Waals surface area contributed by atoms with E-state index >= 15 is 0 Å². The summed E-state index contributed by atoms with van der Waals surface area (Å²) in [6.45, 7) is 9.71. The molecule has 76 heavy (non-hydrogen) atoms. The standard InChI is InChI=1S/C49H71N13O10.C2H4O2/c1-6-28(4)40(46(69)58-36(24-32-25-53-26-55-32)47(70)62-21-11-15-38(62)44(67)59-37(48(71)72)23-30-12-8-7-9-13-30)61-43(66)35(22-31-16-18-33(63)19-17-31)57-45(68)39(27(2)3)60-42(65)34(56-41(64)29(5)50)14-10-20-54-49(51)52;1-2(3)4/h7-9,12-13,16-19,25-29,34-40,63H,6,10-11,14-15,20-24,50H2,1-5H3,(H,53,55)(H,56,64)(H,57,68)(H,58,69)(H,59,67)(H,60,65)(H,61,66)(H,71,72)(H4,51,52,54);1H3,(H,3,4)/t28-,29-,34-,35-,36-,37-,38-,39-,40-;/m0./s1. The van der Waals surface area contributed by atoms with Gasteiger partial charge in [-0.15, -0.1) is 0 Å². The molecule has 3 aromatic rings. The van der Waals surface area contributed by atoms with Gasteiger partial charge in [0.15, 0.2) is 5.96 Å². The molecule has 0 radical (unpaired) electrons. The summed E-state index contributed by atoms with van der Waals surface area (Å²) in [6.07, 6.45) is 4.09. The normalized spacial score (nSPS) is 16.1. The number of likely N-dealkylation sites (tertiary alicyclic amines) is 1. The van der Waals surface area contributed by atoms with E-state index < -0.39 is 113 Å². The van der Waals surface area contributed by atoms with Gasteiger partial charge in [0, 0.05) is 51.2 Å². The van der Waals surface area contributed by atoms with Crippen LogP contribution < -0.4 is 49.1 Å². The minimum atomic E-state index is -1.37. The van der Waals surface area contributed by atoms with Crippen LogP contribution in [0.5, 0.6) is 5.75 Å². The molecule has 0 saturated carbocycles. The Kier molecular flexibility index (Phi) is 25.3. The Hall–Kier alpha value is -8.09. The first-order valence-corrected chi connectivity index (χ1v) is 25.1. The number of rotatable bonds is 27. The van der Waals surface area contributed by atoms with Crippen LogP contribution in [0.1, 0.15) is 90.5 Å². The van der Waals surface area contributed by atoms with Crippen molar-refractivity contribution in [3.63, 3.8) is 0 Å². The zero-order valence-electron chi connectivity index (χ0n) is 43.8. The number of imidazole rings is 1. The van der Waals surface area contributed by atoms with E-state index in [4.69, 9.17) is 27.1 Å². The van der Waals surface area contributed by atoms with Crippen molar-refractivity contribution in [2.45, 2.75) is 141 Å². The Morgan fingerprint density at radius 3 is 1.87 bits per heavy atom. The van der Waals surface area contributed by atoms with Crippen LogP contribution in [0, 0.1) is 11.8 Å². The number of aromatic hydroxyl groups is 1. The van der Waals surface area contributed by atoms with Crippen LogP contribution in [0.2, 0.25) is 0 Å². The molecule has 25 nitrogen and oxygen atoms in total. The first-order valence-electron chi connectivity index (χ1n) is 25.1. The molecule has 416 valence electrons. The number of carbonyl (C=O) groups excluding carboxylic acids is 7. The van der Waals surface area contributed by atoms with Crippen molar-refractivity contribution < 1.29 is 58.5 Å². The largest absolute Gasteiger partial charge is 0.508 e. The minimum Gasteiger partial charge on any atom is -0.508 e. The summed E-state index contributed by atoms with van der Waals surface area (Å²) in [6, 6.07) is 5.14. The van der Waals surface area contributed by atoms with Crippen molar-refractivity contribution in [2.75, 3.05) is 13.1 Å². The highest BCUT2D eigenvalue weighted by Gasteiger charge is 2.41. The number of hydrogen-bond donors (Lipinski definition) is 13. The summed E-state index contributed by atoms with van der Waals surface area (Å²) in [7, 11) is 0. The third-order valence-electron chi connectivity index (χ3n) is 12.4. The number of aromatic nitrogens is 2. The highest BCUT2D eigenvalue weighted by atomic mass is 16.4. The lowest BCUT2D eigenvalue weighted by Crippen LogP contribution is -2.62. The summed E-state index contributed by atoms with van der Waals surface area (Å²) in [4.78, 5) is 131. The number of aliphatic imine (C=N–C) groups is 1. The highest BCUT2D eigenvalue weighted by molar-refractivity contribution is 5.98. The van der Waals surface area contributed by atoms with Gasteiger partial charge in [0.25, 0.3) is 5.97 Å². The highest BCUT2D eigenvalue weighted by Crippen LogP contribution is 2.21. The van der Waals surface area contributed by atoms with E-state index in [1.807, 2.05) is 0 Å². The van der Waals surface area contributed by atoms with E-state index in [0.717, 1.165) is 6.92 Å². The fraction of sp³-hybridized carbons (Fsp3) is 0.510. The zero-order valence-corrected chi connectivity index (χ0v) is 43.8. The quantitative estimate of drug-likeness (QED) is 0.0256. The van der Waals surface area contributed by atoms with Gasteiger partial charge < -0.3 is 74.3 Å². The third kappa shape index (κ3) is 20.7. The SMILES string of the molecule is CC(=O)O.CC[C@H](C)[C@H](NC(=O)[C@H](Cc1ccc(O)cc1)NC(=O)[C@@H](NC(=O)[C@H](CCCN=C(N)N)NC(=O)[C@H](C)N)C(C)C)C(=O)N[C@@H](Cc1cnc[nH]1)C(=O)N1CCC[C@H]1C(=O)N[C@@H](Cc1ccccc1)C(=O)O. The van der Waals surface area contributed by atoms with Crippen molar-refractivity contribution in [1.82, 2.24) is 46.8 Å². The number of benzene rings is 2. The number of carboxylic acid groups (broad SMARTS) is 2. The van der Waals surface area contributed by atoms with Crippen LogP contribution in [0.4, 0.5) is 0 Å². The van der Waals surface area contributed by atoms with Crippen LogP contribution >= 0.6 is 0 Å². The van der Waals surface area contributed by atoms with Crippen molar-refractivity contribution >= 4 is 59.2 Å². The topological polar surface area (TPSA) is 409 Å². The van der Waals surface area contributed by atoms with E-state index in [-0.39, 0.29) is 63.3 Å². The summed E-state index contributed by atoms with van der Waals surface area (Å²) in [5.41, 5.74) is 18.3. The lowest BCUT2D eigenvalue weighted by Gasteiger charge is -2.32. The minimum absolute atomic E-state index is 0.0121. The molecule has 0 unspecified atom stereocenters. The van der Waals surface area contributed by atoms with E-state index in [0.29, 0.717) is 29.7 Å². The van der Waals surface area contributed by atoms with Gasteiger partial charge in [0.1, 0.15) is 48.0 Å². The summed E-state index contributed by atoms with van der Waals surface area (Å²) in [5, 5.41) is 43.7. The number of phenolic OH excluding ortho intramolecular Hbond substituents is 1. The number of aliphatic carboxylic acids is 2. The summed E-state index contributed by atoms with van der Waals surface area (Å²) in [5.74, 6) is -8.25. The number of phenols is 1. The smallest absolute Gasteiger partial charge is 0.326 e. The molecule has 25 heteroatoms. The molecule has 1 saturated heterocycles. The Morgan fingerprint density at radius 2 is 1.30 bits per heavy atom. The predicted octanol–water partition coefficient (Wildman–Crippen LogP) is -0.679. The number of aromatic amines is 1. The van der Waals surface area contributed by atoms with Crippen LogP contribution in [-0.4, -0.2) is 151 Å². The Morgan fingerprint density at radius 1 is 0.737 bits per heavy atom. The summed E-state index contributed by atoms with van der Waals surface area (Å²) < 4.78 is 0. The molecule has 9 atom stereocenters. The van der Waals surface area contributed by atoms with E-state index in [1.165, 1.54) is 36.5 Å². The van der Waals surface area contributed by atoms with Gasteiger partial charge in [-0.2, -0.15) is 0 Å². The first kappa shape index (κ1) is 62.2. The second-order valence-electron chi connectivity index (χ2n) is 19.0. The van der Waals surface area contributed by atoms with E-state index in [2.05, 4.69) is 46.9 Å². The Labute approximate surface area is 441 Å². The van der Waals surface area contributed by atoms with Crippen molar-refractivity contribution in [3.8, 4) is 5.75 Å². The number of nitrogens with two attached hydrogens (primary N) is 3. The van der Waals surface area contributed by atoms with Gasteiger partial charge in [-0.1, -0.05) is 76.6 Å². The maximum atomic E-state index is 14.5. The molecule has 1 aliphatic rings. The van der Waals surface area contributed by atoms with Gasteiger partial charge in [0.05, 0.1) is 12.4 Å². The number of guanidine groups is 1. The Bertz CT molecular complexity index is 2430. The zero-order chi connectivity index (χ0) is 56.6. The van der Waals surface area contributed by atoms with Crippen LogP contribution in [0.3, 0.4) is 0 Å². The van der Waals surface area contributed by atoms with Crippen LogP contribution in [-0.2, 0) is 62.4 Å². The van der Waals surface area contributed by atoms with Gasteiger partial charge >= 0.3 is 5.97 Å². The third-order valence-corrected chi connectivity index (χ3v) is 12.4. The molecule has 4 rings (SSSR count). The average molecular weight is 1060 g/mol. The van der Waals surface area contributed by atoms with Gasteiger partial charge in [-0.3, -0.25) is 43.3 Å². The number of hydrogen-bond acceptors (Lipinski definition) is 13. The molecule has 1 fully saturated rings. The molecular formula is C51H75N13O12. The molecule has 16 N–H and O–H groups in total. The lowest BCUT2D eigenvalue weighted by molar-refractivity contribution is -0.145. The van der Waals surface area contributed by atoms with Crippen LogP contribution in [0.15, 0.2) is 72.1 Å². The maximum absolute atomic E-state index is 14.5. The Balaban J connectivity index is 0.00000366. The second-order valence-corrected chi connectivity index (χ2v) is 19.0. The van der Waals surface area contributed by atoms with Gasteiger partial charge in [0.2, 0.25) is 41.4 Å². The number of nitrogens with one attached hydrogen (secondary N) is 7. The maximum Gasteiger partial charge on any atom is 0.326 e. The molecule has 1 aromatic heterocycles. The molecule has 1 aliphatic heterocycles.